The van der Waals surface area contributed by atoms with Crippen LogP contribution in [0.1, 0.15) is 47.8 Å². The molecule has 1 heterocycles. The second-order valence-electron chi connectivity index (χ2n) is 8.76. The van der Waals surface area contributed by atoms with Gasteiger partial charge in [0, 0.05) is 29.9 Å². The number of nitrogens with zero attached hydrogens (tertiary/aromatic N) is 2. The Morgan fingerprint density at radius 2 is 1.67 bits per heavy atom. The molecule has 10 nitrogen and oxygen atoms in total. The van der Waals surface area contributed by atoms with Crippen LogP contribution >= 0.6 is 0 Å². The van der Waals surface area contributed by atoms with Gasteiger partial charge in [0.2, 0.25) is 0 Å². The molecule has 0 aliphatic carbocycles. The van der Waals surface area contributed by atoms with E-state index in [0.29, 0.717) is 35.5 Å². The van der Waals surface area contributed by atoms with Crippen molar-refractivity contribution in [2.45, 2.75) is 26.3 Å². The van der Waals surface area contributed by atoms with Gasteiger partial charge in [-0.1, -0.05) is 49.4 Å². The van der Waals surface area contributed by atoms with Crippen LogP contribution in [-0.2, 0) is 9.53 Å². The molecule has 3 amide bonds. The van der Waals surface area contributed by atoms with E-state index < -0.39 is 22.8 Å². The van der Waals surface area contributed by atoms with Gasteiger partial charge >= 0.3 is 12.0 Å². The van der Waals surface area contributed by atoms with Crippen molar-refractivity contribution in [3.8, 4) is 0 Å². The minimum Gasteiger partial charge on any atom is -0.463 e. The zero-order chi connectivity index (χ0) is 27.9. The molecule has 0 unspecified atom stereocenters. The number of carbonyl (C=O) groups excluding carboxylic acids is 3. The highest BCUT2D eigenvalue weighted by Crippen LogP contribution is 2.37. The Morgan fingerprint density at radius 1 is 1.00 bits per heavy atom. The molecule has 0 bridgehead atoms. The largest absolute Gasteiger partial charge is 0.463 e. The third-order valence-corrected chi connectivity index (χ3v) is 6.16. The number of rotatable bonds is 9. The number of esters is 1. The van der Waals surface area contributed by atoms with Crippen molar-refractivity contribution in [1.29, 1.82) is 0 Å². The van der Waals surface area contributed by atoms with E-state index in [1.54, 1.807) is 36.1 Å². The number of ether oxygens (including phenoxy) is 1. The summed E-state index contributed by atoms with van der Waals surface area (Å²) in [6.45, 7) is 4.27. The van der Waals surface area contributed by atoms with E-state index in [0.717, 1.165) is 5.56 Å². The number of amides is 3. The van der Waals surface area contributed by atoms with Crippen LogP contribution in [0.2, 0.25) is 0 Å². The first-order chi connectivity index (χ1) is 18.8. The number of non-ortho nitro benzene ring substituents is 1. The highest BCUT2D eigenvalue weighted by atomic mass is 16.6. The number of nitro benzene ring substituents is 1. The Hall–Kier alpha value is -4.99. The zero-order valence-electron chi connectivity index (χ0n) is 21.5. The molecule has 0 saturated heterocycles. The van der Waals surface area contributed by atoms with Gasteiger partial charge in [0.25, 0.3) is 11.6 Å². The lowest BCUT2D eigenvalue weighted by Crippen LogP contribution is -2.48. The molecule has 39 heavy (non-hydrogen) atoms. The van der Waals surface area contributed by atoms with E-state index in [9.17, 15) is 24.5 Å². The number of carbonyl (C=O) groups is 3. The Balaban J connectivity index is 1.68. The third-order valence-electron chi connectivity index (χ3n) is 6.16. The van der Waals surface area contributed by atoms with Crippen molar-refractivity contribution < 1.29 is 24.0 Å². The molecule has 2 N–H and O–H groups in total. The minimum absolute atomic E-state index is 0.108. The standard InChI is InChI=1S/C29H28N4O6/c1-3-18-32-26(20-8-6-5-7-9-20)24(28(35)39-4-2)25(31-29(32)36)19-10-14-22(15-11-19)30-27(34)21-12-16-23(17-13-21)33(37)38/h5-17,25H,3-4,18H2,1-2H3,(H,30,34)(H,31,36)/t25-/m0/s1. The van der Waals surface area contributed by atoms with Gasteiger partial charge in [0.1, 0.15) is 0 Å². The number of hydrogen-bond acceptors (Lipinski definition) is 6. The molecule has 10 heteroatoms. The molecular weight excluding hydrogens is 500 g/mol. The average molecular weight is 529 g/mol. The van der Waals surface area contributed by atoms with E-state index in [2.05, 4.69) is 10.6 Å². The number of hydrogen-bond donors (Lipinski definition) is 2. The quantitative estimate of drug-likeness (QED) is 0.220. The number of benzene rings is 3. The SMILES string of the molecule is CCCN1C(=O)N[C@@H](c2ccc(NC(=O)c3ccc([N+](=O)[O-])cc3)cc2)C(C(=O)OCC)=C1c1ccccc1. The second-order valence-corrected chi connectivity index (χ2v) is 8.76. The predicted molar refractivity (Wildman–Crippen MR) is 146 cm³/mol. The highest BCUT2D eigenvalue weighted by molar-refractivity contribution is 6.05. The molecule has 1 aliphatic rings. The zero-order valence-corrected chi connectivity index (χ0v) is 21.5. The van der Waals surface area contributed by atoms with Crippen molar-refractivity contribution in [3.63, 3.8) is 0 Å². The molecule has 0 aromatic heterocycles. The molecule has 3 aromatic rings. The second kappa shape index (κ2) is 12.0. The van der Waals surface area contributed by atoms with Crippen molar-refractivity contribution in [3.05, 3.63) is 111 Å². The van der Waals surface area contributed by atoms with E-state index in [4.69, 9.17) is 4.74 Å². The molecule has 0 fully saturated rings. The van der Waals surface area contributed by atoms with Crippen LogP contribution < -0.4 is 10.6 Å². The van der Waals surface area contributed by atoms with Crippen LogP contribution in [0.15, 0.2) is 84.4 Å². The van der Waals surface area contributed by atoms with Crippen molar-refractivity contribution in [2.24, 2.45) is 0 Å². The van der Waals surface area contributed by atoms with Crippen LogP contribution in [0.3, 0.4) is 0 Å². The van der Waals surface area contributed by atoms with Gasteiger partial charge in [-0.3, -0.25) is 19.8 Å². The van der Waals surface area contributed by atoms with Gasteiger partial charge < -0.3 is 15.4 Å². The maximum atomic E-state index is 13.3. The van der Waals surface area contributed by atoms with Crippen LogP contribution in [-0.4, -0.2) is 40.9 Å². The predicted octanol–water partition coefficient (Wildman–Crippen LogP) is 5.30. The summed E-state index contributed by atoms with van der Waals surface area (Å²) >= 11 is 0. The lowest BCUT2D eigenvalue weighted by atomic mass is 9.91. The van der Waals surface area contributed by atoms with E-state index in [1.165, 1.54) is 24.3 Å². The summed E-state index contributed by atoms with van der Waals surface area (Å²) in [5.41, 5.74) is 2.80. The van der Waals surface area contributed by atoms with Gasteiger partial charge in [-0.25, -0.2) is 9.59 Å². The topological polar surface area (TPSA) is 131 Å². The average Bonchev–Trinajstić information content (AvgIpc) is 2.95. The molecule has 200 valence electrons. The van der Waals surface area contributed by atoms with Gasteiger partial charge in [-0.2, -0.15) is 0 Å². The first-order valence-corrected chi connectivity index (χ1v) is 12.5. The van der Waals surface area contributed by atoms with Crippen LogP contribution in [0.4, 0.5) is 16.2 Å². The van der Waals surface area contributed by atoms with Crippen LogP contribution in [0.25, 0.3) is 5.70 Å². The van der Waals surface area contributed by atoms with Gasteiger partial charge in [-0.05, 0) is 48.7 Å². The maximum absolute atomic E-state index is 13.3. The summed E-state index contributed by atoms with van der Waals surface area (Å²) in [7, 11) is 0. The number of urea groups is 1. The number of nitro groups is 1. The molecular formula is C29H28N4O6. The first-order valence-electron chi connectivity index (χ1n) is 12.5. The molecule has 0 spiro atoms. The first kappa shape index (κ1) is 27.1. The highest BCUT2D eigenvalue weighted by Gasteiger charge is 2.38. The summed E-state index contributed by atoms with van der Waals surface area (Å²) < 4.78 is 5.42. The fraction of sp³-hybridized carbons (Fsp3) is 0.207. The number of anilines is 1. The van der Waals surface area contributed by atoms with Crippen LogP contribution in [0.5, 0.6) is 0 Å². The summed E-state index contributed by atoms with van der Waals surface area (Å²) in [6, 6.07) is 20.2. The smallest absolute Gasteiger partial charge is 0.338 e. The van der Waals surface area contributed by atoms with Gasteiger partial charge in [0.05, 0.1) is 28.8 Å². The van der Waals surface area contributed by atoms with Crippen molar-refractivity contribution >= 4 is 35.0 Å². The minimum atomic E-state index is -0.778. The Bertz CT molecular complexity index is 1400. The fourth-order valence-electron chi connectivity index (χ4n) is 4.37. The summed E-state index contributed by atoms with van der Waals surface area (Å²) in [5.74, 6) is -0.963. The van der Waals surface area contributed by atoms with E-state index in [-0.39, 0.29) is 23.9 Å². The molecule has 0 saturated carbocycles. The molecule has 0 radical (unpaired) electrons. The maximum Gasteiger partial charge on any atom is 0.338 e. The molecule has 1 aliphatic heterocycles. The lowest BCUT2D eigenvalue weighted by molar-refractivity contribution is -0.384. The molecule has 3 aromatic carbocycles. The monoisotopic (exact) mass is 528 g/mol. The lowest BCUT2D eigenvalue weighted by Gasteiger charge is -2.36. The van der Waals surface area contributed by atoms with E-state index in [1.807, 2.05) is 37.3 Å². The van der Waals surface area contributed by atoms with Crippen molar-refractivity contribution in [1.82, 2.24) is 10.2 Å². The molecule has 1 atom stereocenters. The van der Waals surface area contributed by atoms with Gasteiger partial charge in [-0.15, -0.1) is 0 Å². The van der Waals surface area contributed by atoms with E-state index >= 15 is 0 Å². The Morgan fingerprint density at radius 3 is 2.26 bits per heavy atom. The Labute approximate surface area is 225 Å². The normalized spacial score (nSPS) is 15.0. The molecule has 4 rings (SSSR count). The summed E-state index contributed by atoms with van der Waals surface area (Å²) in [5, 5.41) is 16.5. The summed E-state index contributed by atoms with van der Waals surface area (Å²) in [4.78, 5) is 51.1. The van der Waals surface area contributed by atoms with Gasteiger partial charge in [0.15, 0.2) is 0 Å². The number of nitrogens with one attached hydrogen (secondary N) is 2. The summed E-state index contributed by atoms with van der Waals surface area (Å²) in [6.07, 6.45) is 0.688. The van der Waals surface area contributed by atoms with Crippen LogP contribution in [0, 0.1) is 10.1 Å². The van der Waals surface area contributed by atoms with Crippen molar-refractivity contribution in [2.75, 3.05) is 18.5 Å². The Kier molecular flexibility index (Phi) is 8.35. The third kappa shape index (κ3) is 5.96. The fourth-order valence-corrected chi connectivity index (χ4v) is 4.37.